The Kier molecular flexibility index (Phi) is 5.99. The molecule has 0 aliphatic heterocycles. The summed E-state index contributed by atoms with van der Waals surface area (Å²) < 4.78 is 0. The molecule has 1 nitrogen and oxygen atoms in total. The summed E-state index contributed by atoms with van der Waals surface area (Å²) >= 11 is 3.47. The Morgan fingerprint density at radius 3 is 2.40 bits per heavy atom. The molecule has 0 bridgehead atoms. The van der Waals surface area contributed by atoms with Gasteiger partial charge in [0.25, 0.3) is 0 Å². The molecule has 0 radical (unpaired) electrons. The molecule has 0 aliphatic carbocycles. The third-order valence-corrected chi connectivity index (χ3v) is 2.98. The average Bonchev–Trinajstić information content (AvgIpc) is 1.99. The molecular formula is C8H15BrO. The van der Waals surface area contributed by atoms with Gasteiger partial charge >= 0.3 is 0 Å². The number of hydrogen-bond donors (Lipinski definition) is 0. The van der Waals surface area contributed by atoms with Gasteiger partial charge in [-0.1, -0.05) is 36.2 Å². The van der Waals surface area contributed by atoms with Crippen LogP contribution in [0.4, 0.5) is 0 Å². The Hall–Kier alpha value is 0.150. The lowest BCUT2D eigenvalue weighted by atomic mass is 10.0. The molecule has 2 unspecified atom stereocenters. The number of carbonyl (C=O) groups is 1. The lowest BCUT2D eigenvalue weighted by Crippen LogP contribution is -2.14. The molecule has 0 saturated carbocycles. The van der Waals surface area contributed by atoms with Gasteiger partial charge in [0.2, 0.25) is 0 Å². The van der Waals surface area contributed by atoms with Gasteiger partial charge < -0.3 is 4.79 Å². The number of rotatable bonds is 5. The fourth-order valence-electron chi connectivity index (χ4n) is 0.970. The molecule has 2 atom stereocenters. The summed E-state index contributed by atoms with van der Waals surface area (Å²) in [5, 5.41) is 0. The van der Waals surface area contributed by atoms with Crippen molar-refractivity contribution in [2.75, 3.05) is 0 Å². The van der Waals surface area contributed by atoms with E-state index < -0.39 is 0 Å². The maximum Gasteiger partial charge on any atom is 0.124 e. The summed E-state index contributed by atoms with van der Waals surface area (Å²) in [5.74, 6) is 0.218. The molecule has 0 aromatic carbocycles. The third-order valence-electron chi connectivity index (χ3n) is 1.65. The van der Waals surface area contributed by atoms with Crippen LogP contribution in [0.2, 0.25) is 0 Å². The highest BCUT2D eigenvalue weighted by atomic mass is 79.9. The first-order valence-electron chi connectivity index (χ1n) is 3.85. The van der Waals surface area contributed by atoms with Crippen LogP contribution in [-0.2, 0) is 4.79 Å². The van der Waals surface area contributed by atoms with Crippen molar-refractivity contribution in [3.8, 4) is 0 Å². The molecule has 0 aromatic heterocycles. The standard InChI is InChI=1S/C8H15BrO/c1-3-5-7(6-10)8(9)4-2/h6-8H,3-5H2,1-2H3. The van der Waals surface area contributed by atoms with Crippen molar-refractivity contribution >= 4 is 22.2 Å². The average molecular weight is 207 g/mol. The van der Waals surface area contributed by atoms with Crippen LogP contribution in [-0.4, -0.2) is 11.1 Å². The molecule has 0 fully saturated rings. The molecule has 0 aliphatic rings. The number of halogens is 1. The maximum atomic E-state index is 10.5. The normalized spacial score (nSPS) is 16.3. The fourth-order valence-corrected chi connectivity index (χ4v) is 1.36. The minimum absolute atomic E-state index is 0.218. The van der Waals surface area contributed by atoms with E-state index in [1.54, 1.807) is 0 Å². The van der Waals surface area contributed by atoms with E-state index in [0.29, 0.717) is 4.83 Å². The summed E-state index contributed by atoms with van der Waals surface area (Å²) in [6, 6.07) is 0. The molecular weight excluding hydrogens is 192 g/mol. The summed E-state index contributed by atoms with van der Waals surface area (Å²) in [7, 11) is 0. The molecule has 0 heterocycles. The monoisotopic (exact) mass is 206 g/mol. The Labute approximate surface area is 71.3 Å². The van der Waals surface area contributed by atoms with E-state index in [1.165, 1.54) is 0 Å². The van der Waals surface area contributed by atoms with E-state index in [4.69, 9.17) is 0 Å². The van der Waals surface area contributed by atoms with E-state index in [9.17, 15) is 4.79 Å². The van der Waals surface area contributed by atoms with Crippen molar-refractivity contribution in [2.24, 2.45) is 5.92 Å². The number of aldehydes is 1. The van der Waals surface area contributed by atoms with Gasteiger partial charge in [0.05, 0.1) is 0 Å². The molecule has 0 N–H and O–H groups in total. The third kappa shape index (κ3) is 3.35. The maximum absolute atomic E-state index is 10.5. The van der Waals surface area contributed by atoms with E-state index in [0.717, 1.165) is 25.5 Å². The molecule has 60 valence electrons. The predicted octanol–water partition coefficient (Wildman–Crippen LogP) is 2.78. The topological polar surface area (TPSA) is 17.1 Å². The van der Waals surface area contributed by atoms with Gasteiger partial charge in [-0.2, -0.15) is 0 Å². The fraction of sp³-hybridized carbons (Fsp3) is 0.875. The molecule has 0 spiro atoms. The van der Waals surface area contributed by atoms with Crippen molar-refractivity contribution in [1.29, 1.82) is 0 Å². The highest BCUT2D eigenvalue weighted by Crippen LogP contribution is 2.18. The van der Waals surface area contributed by atoms with Crippen LogP contribution in [0.5, 0.6) is 0 Å². The quantitative estimate of drug-likeness (QED) is 0.500. The van der Waals surface area contributed by atoms with Gasteiger partial charge in [0.1, 0.15) is 6.29 Å². The van der Waals surface area contributed by atoms with Crippen LogP contribution in [0.15, 0.2) is 0 Å². The zero-order valence-corrected chi connectivity index (χ0v) is 8.23. The van der Waals surface area contributed by atoms with Crippen molar-refractivity contribution < 1.29 is 4.79 Å². The Morgan fingerprint density at radius 2 is 2.10 bits per heavy atom. The SMILES string of the molecule is CCCC(C=O)C(Br)CC. The van der Waals surface area contributed by atoms with Crippen molar-refractivity contribution in [2.45, 2.75) is 37.9 Å². The van der Waals surface area contributed by atoms with Gasteiger partial charge in [0, 0.05) is 10.7 Å². The van der Waals surface area contributed by atoms with Crippen LogP contribution in [0.1, 0.15) is 33.1 Å². The van der Waals surface area contributed by atoms with Crippen molar-refractivity contribution in [3.63, 3.8) is 0 Å². The van der Waals surface area contributed by atoms with Crippen LogP contribution in [0.25, 0.3) is 0 Å². The van der Waals surface area contributed by atoms with Crippen LogP contribution >= 0.6 is 15.9 Å². The second kappa shape index (κ2) is 5.90. The first-order valence-corrected chi connectivity index (χ1v) is 4.77. The molecule has 2 heteroatoms. The summed E-state index contributed by atoms with van der Waals surface area (Å²) in [5.41, 5.74) is 0. The summed E-state index contributed by atoms with van der Waals surface area (Å²) in [4.78, 5) is 10.8. The van der Waals surface area contributed by atoms with E-state index in [-0.39, 0.29) is 5.92 Å². The van der Waals surface area contributed by atoms with E-state index in [1.807, 2.05) is 0 Å². The Morgan fingerprint density at radius 1 is 1.50 bits per heavy atom. The number of alkyl halides is 1. The van der Waals surface area contributed by atoms with Crippen molar-refractivity contribution in [3.05, 3.63) is 0 Å². The highest BCUT2D eigenvalue weighted by molar-refractivity contribution is 9.09. The zero-order chi connectivity index (χ0) is 7.98. The molecule has 0 aromatic rings. The summed E-state index contributed by atoms with van der Waals surface area (Å²) in [6.07, 6.45) is 4.19. The second-order valence-corrected chi connectivity index (χ2v) is 3.69. The molecule has 0 saturated heterocycles. The predicted molar refractivity (Wildman–Crippen MR) is 47.5 cm³/mol. The summed E-state index contributed by atoms with van der Waals surface area (Å²) in [6.45, 7) is 4.19. The minimum Gasteiger partial charge on any atom is -0.303 e. The second-order valence-electron chi connectivity index (χ2n) is 2.51. The van der Waals surface area contributed by atoms with Crippen LogP contribution in [0.3, 0.4) is 0 Å². The van der Waals surface area contributed by atoms with E-state index in [2.05, 4.69) is 29.8 Å². The minimum atomic E-state index is 0.218. The van der Waals surface area contributed by atoms with E-state index >= 15 is 0 Å². The lowest BCUT2D eigenvalue weighted by molar-refractivity contribution is -0.111. The highest BCUT2D eigenvalue weighted by Gasteiger charge is 2.14. The molecule has 0 amide bonds. The van der Waals surface area contributed by atoms with Gasteiger partial charge in [-0.15, -0.1) is 0 Å². The smallest absolute Gasteiger partial charge is 0.124 e. The van der Waals surface area contributed by atoms with Gasteiger partial charge in [-0.25, -0.2) is 0 Å². The largest absolute Gasteiger partial charge is 0.303 e. The zero-order valence-electron chi connectivity index (χ0n) is 6.64. The van der Waals surface area contributed by atoms with Crippen LogP contribution < -0.4 is 0 Å². The Balaban J connectivity index is 3.67. The number of carbonyl (C=O) groups excluding carboxylic acids is 1. The first-order chi connectivity index (χ1) is 4.76. The van der Waals surface area contributed by atoms with Crippen molar-refractivity contribution in [1.82, 2.24) is 0 Å². The molecule has 10 heavy (non-hydrogen) atoms. The Bertz CT molecular complexity index is 93.3. The first kappa shape index (κ1) is 10.2. The lowest BCUT2D eigenvalue weighted by Gasteiger charge is -2.13. The number of hydrogen-bond acceptors (Lipinski definition) is 1. The molecule has 0 rings (SSSR count). The van der Waals surface area contributed by atoms with Gasteiger partial charge in [-0.3, -0.25) is 0 Å². The van der Waals surface area contributed by atoms with Gasteiger partial charge in [0.15, 0.2) is 0 Å². The van der Waals surface area contributed by atoms with Crippen LogP contribution in [0, 0.1) is 5.92 Å². The van der Waals surface area contributed by atoms with Gasteiger partial charge in [-0.05, 0) is 12.8 Å².